The van der Waals surface area contributed by atoms with Crippen molar-refractivity contribution in [3.63, 3.8) is 0 Å². The Morgan fingerprint density at radius 1 is 1.75 bits per heavy atom. The summed E-state index contributed by atoms with van der Waals surface area (Å²) in [5, 5.41) is 12.9. The number of carbonyl (C=O) groups excluding carboxylic acids is 1. The maximum Gasteiger partial charge on any atom is 0.221 e. The summed E-state index contributed by atoms with van der Waals surface area (Å²) in [5.74, 6) is -0.204. The first-order chi connectivity index (χ1) is 5.74. The van der Waals surface area contributed by atoms with Crippen molar-refractivity contribution in [2.75, 3.05) is 5.32 Å². The summed E-state index contributed by atoms with van der Waals surface area (Å²) in [7, 11) is 0. The lowest BCUT2D eigenvalue weighted by atomic mass is 10.3. The van der Waals surface area contributed by atoms with Crippen molar-refractivity contribution in [1.82, 2.24) is 4.98 Å². The molecule has 0 aliphatic rings. The number of hydrogen-bond donors (Lipinski definition) is 2. The van der Waals surface area contributed by atoms with E-state index in [1.54, 1.807) is 6.07 Å². The van der Waals surface area contributed by atoms with E-state index in [1.807, 2.05) is 0 Å². The Morgan fingerprint density at radius 2 is 2.50 bits per heavy atom. The van der Waals surface area contributed by atoms with Gasteiger partial charge < -0.3 is 16.0 Å². The molecule has 0 aromatic carbocycles. The molecule has 0 aliphatic carbocycles. The molecular formula is C7H9N3O2. The van der Waals surface area contributed by atoms with Crippen LogP contribution in [-0.2, 0) is 4.79 Å². The number of nitrogens with two attached hydrogens (primary N) is 1. The average Bonchev–Trinajstić information content (AvgIpc) is 2.04. The largest absolute Gasteiger partial charge is 0.630 e. The fourth-order valence-corrected chi connectivity index (χ4v) is 0.804. The highest BCUT2D eigenvalue weighted by Crippen LogP contribution is 2.13. The van der Waals surface area contributed by atoms with Crippen LogP contribution in [0, 0.1) is 5.21 Å². The van der Waals surface area contributed by atoms with Crippen molar-refractivity contribution in [1.29, 1.82) is 0 Å². The molecule has 5 heteroatoms. The highest BCUT2D eigenvalue weighted by molar-refractivity contribution is 5.90. The molecule has 1 rings (SSSR count). The average molecular weight is 167 g/mol. The fraction of sp³-hybridized carbons (Fsp3) is 0.143. The molecule has 12 heavy (non-hydrogen) atoms. The molecule has 0 saturated heterocycles. The van der Waals surface area contributed by atoms with Gasteiger partial charge in [0, 0.05) is 13.1 Å². The van der Waals surface area contributed by atoms with Gasteiger partial charge in [0.15, 0.2) is 5.69 Å². The molecule has 1 aromatic rings. The first-order valence-electron chi connectivity index (χ1n) is 3.41. The molecule has 0 spiro atoms. The monoisotopic (exact) mass is 167 g/mol. The fourth-order valence-electron chi connectivity index (χ4n) is 0.804. The molecule has 0 aliphatic heterocycles. The van der Waals surface area contributed by atoms with Crippen molar-refractivity contribution in [2.45, 2.75) is 6.92 Å². The number of aromatic nitrogens is 1. The van der Waals surface area contributed by atoms with Gasteiger partial charge >= 0.3 is 0 Å². The molecule has 0 fully saturated rings. The predicted octanol–water partition coefficient (Wildman–Crippen LogP) is -0.267. The van der Waals surface area contributed by atoms with Gasteiger partial charge in [-0.05, 0) is 6.07 Å². The quantitative estimate of drug-likeness (QED) is 0.595. The van der Waals surface area contributed by atoms with Crippen LogP contribution in [0.3, 0.4) is 0 Å². The molecular weight excluding hydrogens is 158 g/mol. The van der Waals surface area contributed by atoms with E-state index in [0.29, 0.717) is 16.9 Å². The summed E-state index contributed by atoms with van der Waals surface area (Å²) in [6, 6.07) is 1.57. The van der Waals surface area contributed by atoms with E-state index in [-0.39, 0.29) is 5.91 Å². The van der Waals surface area contributed by atoms with Crippen molar-refractivity contribution < 1.29 is 10.3 Å². The molecule has 0 bridgehead atoms. The zero-order valence-corrected chi connectivity index (χ0v) is 6.57. The normalized spacial score (nSPS) is 9.50. The van der Waals surface area contributed by atoms with Gasteiger partial charge in [-0.25, -0.2) is 0 Å². The van der Waals surface area contributed by atoms with Crippen molar-refractivity contribution >= 4 is 17.3 Å². The van der Waals surface area contributed by atoms with Crippen molar-refractivity contribution in [3.05, 3.63) is 23.7 Å². The van der Waals surface area contributed by atoms with E-state index in [2.05, 4.69) is 10.3 Å². The van der Waals surface area contributed by atoms with E-state index in [4.69, 9.17) is 0 Å². The lowest BCUT2D eigenvalue weighted by molar-refractivity contribution is -0.496. The summed E-state index contributed by atoms with van der Waals surface area (Å²) in [6.07, 6.45) is 2.91. The number of carbonyl (C=O) groups is 1. The second-order valence-electron chi connectivity index (χ2n) is 2.26. The van der Waals surface area contributed by atoms with Gasteiger partial charge in [0.2, 0.25) is 5.91 Å². The number of rotatable bonds is 2. The van der Waals surface area contributed by atoms with Crippen molar-refractivity contribution in [2.24, 2.45) is 0 Å². The Labute approximate surface area is 69.4 Å². The van der Waals surface area contributed by atoms with Gasteiger partial charge in [-0.2, -0.15) is 0 Å². The summed E-state index contributed by atoms with van der Waals surface area (Å²) in [4.78, 5) is 14.4. The highest BCUT2D eigenvalue weighted by Gasteiger charge is 2.02. The molecule has 0 radical (unpaired) electrons. The SMILES string of the molecule is CC(=O)Nc1ccncc1[NH2+][O-]. The van der Waals surface area contributed by atoms with Crippen LogP contribution in [0.4, 0.5) is 11.4 Å². The number of nitrogens with one attached hydrogen (secondary N) is 1. The van der Waals surface area contributed by atoms with Gasteiger partial charge in [0.25, 0.3) is 0 Å². The number of nitrogens with zero attached hydrogens (tertiary/aromatic N) is 1. The zero-order chi connectivity index (χ0) is 8.97. The van der Waals surface area contributed by atoms with Crippen LogP contribution in [0.5, 0.6) is 0 Å². The molecule has 3 N–H and O–H groups in total. The summed E-state index contributed by atoms with van der Waals surface area (Å²) in [6.45, 7) is 1.38. The first-order valence-corrected chi connectivity index (χ1v) is 3.41. The smallest absolute Gasteiger partial charge is 0.221 e. The summed E-state index contributed by atoms with van der Waals surface area (Å²) < 4.78 is 0. The molecule has 1 heterocycles. The number of pyridine rings is 1. The van der Waals surface area contributed by atoms with E-state index >= 15 is 0 Å². The Bertz CT molecular complexity index is 288. The number of quaternary nitrogens is 1. The van der Waals surface area contributed by atoms with E-state index in [0.717, 1.165) is 0 Å². The lowest BCUT2D eigenvalue weighted by Gasteiger charge is -2.07. The van der Waals surface area contributed by atoms with E-state index in [9.17, 15) is 10.0 Å². The van der Waals surface area contributed by atoms with Crippen LogP contribution < -0.4 is 10.8 Å². The molecule has 5 nitrogen and oxygen atoms in total. The number of amides is 1. The van der Waals surface area contributed by atoms with Gasteiger partial charge in [-0.1, -0.05) is 0 Å². The van der Waals surface area contributed by atoms with Gasteiger partial charge in [0.1, 0.15) is 5.69 Å². The van der Waals surface area contributed by atoms with Crippen LogP contribution in [0.2, 0.25) is 0 Å². The van der Waals surface area contributed by atoms with E-state index in [1.165, 1.54) is 19.3 Å². The minimum absolute atomic E-state index is 0.204. The Kier molecular flexibility index (Phi) is 2.73. The van der Waals surface area contributed by atoms with Crippen LogP contribution in [0.1, 0.15) is 6.92 Å². The number of hydrogen-bond acceptors (Lipinski definition) is 3. The third kappa shape index (κ3) is 2.01. The minimum atomic E-state index is -0.204. The third-order valence-electron chi connectivity index (χ3n) is 1.29. The first kappa shape index (κ1) is 8.63. The van der Waals surface area contributed by atoms with Crippen LogP contribution in [0.15, 0.2) is 18.5 Å². The Morgan fingerprint density at radius 3 is 3.08 bits per heavy atom. The second kappa shape index (κ2) is 3.80. The summed E-state index contributed by atoms with van der Waals surface area (Å²) >= 11 is 0. The van der Waals surface area contributed by atoms with Gasteiger partial charge in [-0.15, -0.1) is 0 Å². The Balaban J connectivity index is 2.89. The third-order valence-corrected chi connectivity index (χ3v) is 1.29. The molecule has 1 aromatic heterocycles. The maximum atomic E-state index is 10.6. The molecule has 0 atom stereocenters. The second-order valence-corrected chi connectivity index (χ2v) is 2.26. The van der Waals surface area contributed by atoms with Crippen LogP contribution in [-0.4, -0.2) is 10.9 Å². The summed E-state index contributed by atoms with van der Waals surface area (Å²) in [5.41, 5.74) is 1.53. The standard InChI is InChI=1S/C7H9N3O2/c1-5(11)9-6-2-3-8-4-7(6)10-12/h2-4H,10H2,1H3,(H,8,9,11). The van der Waals surface area contributed by atoms with Gasteiger partial charge in [0.05, 0.1) is 6.20 Å². The minimum Gasteiger partial charge on any atom is -0.630 e. The molecule has 1 amide bonds. The van der Waals surface area contributed by atoms with E-state index < -0.39 is 0 Å². The highest BCUT2D eigenvalue weighted by atomic mass is 16.5. The topological polar surface area (TPSA) is 81.7 Å². The lowest BCUT2D eigenvalue weighted by Crippen LogP contribution is -2.70. The predicted molar refractivity (Wildman–Crippen MR) is 43.5 cm³/mol. The molecule has 0 unspecified atom stereocenters. The van der Waals surface area contributed by atoms with Crippen LogP contribution in [0.25, 0.3) is 0 Å². The molecule has 0 saturated carbocycles. The maximum absolute atomic E-state index is 10.6. The van der Waals surface area contributed by atoms with Crippen molar-refractivity contribution in [3.8, 4) is 0 Å². The van der Waals surface area contributed by atoms with Gasteiger partial charge in [-0.3, -0.25) is 9.78 Å². The molecule has 64 valence electrons. The zero-order valence-electron chi connectivity index (χ0n) is 6.57. The van der Waals surface area contributed by atoms with Crippen LogP contribution >= 0.6 is 0 Å². The number of anilines is 1. The Hall–Kier alpha value is -1.46.